The molecule has 0 radical (unpaired) electrons. The van der Waals surface area contributed by atoms with Gasteiger partial charge < -0.3 is 4.90 Å². The molecule has 0 amide bonds. The molecule has 2 atom stereocenters. The van der Waals surface area contributed by atoms with Crippen LogP contribution in [0.5, 0.6) is 0 Å². The summed E-state index contributed by atoms with van der Waals surface area (Å²) in [6, 6.07) is 3.24. The van der Waals surface area contributed by atoms with Gasteiger partial charge in [0, 0.05) is 25.2 Å². The first kappa shape index (κ1) is 11.5. The second kappa shape index (κ2) is 5.33. The minimum Gasteiger partial charge on any atom is -0.305 e. The molecular weight excluding hydrogens is 174 g/mol. The fraction of sp³-hybridized carbons (Fsp3) is 0.909. The highest BCUT2D eigenvalue weighted by Crippen LogP contribution is 2.13. The van der Waals surface area contributed by atoms with Crippen LogP contribution in [0.4, 0.5) is 0 Å². The summed E-state index contributed by atoms with van der Waals surface area (Å²) in [4.78, 5) is 4.84. The molecule has 1 fully saturated rings. The largest absolute Gasteiger partial charge is 0.305 e. The van der Waals surface area contributed by atoms with E-state index in [0.29, 0.717) is 18.5 Å². The van der Waals surface area contributed by atoms with Crippen LogP contribution >= 0.6 is 0 Å². The van der Waals surface area contributed by atoms with Crippen molar-refractivity contribution in [1.29, 1.82) is 5.26 Å². The fourth-order valence-corrected chi connectivity index (χ4v) is 2.29. The first-order valence-corrected chi connectivity index (χ1v) is 5.46. The molecule has 0 aromatic rings. The minimum absolute atomic E-state index is 0.404. The van der Waals surface area contributed by atoms with Gasteiger partial charge in [-0.25, -0.2) is 0 Å². The summed E-state index contributed by atoms with van der Waals surface area (Å²) in [5.74, 6) is 0. The van der Waals surface area contributed by atoms with E-state index in [2.05, 4.69) is 36.8 Å². The Labute approximate surface area is 87.3 Å². The molecule has 14 heavy (non-hydrogen) atoms. The van der Waals surface area contributed by atoms with Crippen LogP contribution in [-0.4, -0.2) is 48.6 Å². The van der Waals surface area contributed by atoms with Crippen LogP contribution in [0.15, 0.2) is 0 Å². The van der Waals surface area contributed by atoms with Gasteiger partial charge in [-0.05, 0) is 33.9 Å². The second-order valence-electron chi connectivity index (χ2n) is 4.41. The molecule has 3 nitrogen and oxygen atoms in total. The lowest BCUT2D eigenvalue weighted by Crippen LogP contribution is -2.43. The Morgan fingerprint density at radius 1 is 1.50 bits per heavy atom. The molecule has 2 unspecified atom stereocenters. The van der Waals surface area contributed by atoms with Crippen molar-refractivity contribution < 1.29 is 0 Å². The molecule has 80 valence electrons. The zero-order valence-electron chi connectivity index (χ0n) is 9.53. The Morgan fingerprint density at radius 3 is 2.86 bits per heavy atom. The molecule has 1 saturated heterocycles. The van der Waals surface area contributed by atoms with Crippen molar-refractivity contribution in [2.75, 3.05) is 26.7 Å². The van der Waals surface area contributed by atoms with Gasteiger partial charge in [0.1, 0.15) is 0 Å². The van der Waals surface area contributed by atoms with Crippen molar-refractivity contribution in [3.63, 3.8) is 0 Å². The summed E-state index contributed by atoms with van der Waals surface area (Å²) < 4.78 is 0. The van der Waals surface area contributed by atoms with Gasteiger partial charge in [0.15, 0.2) is 0 Å². The average molecular weight is 195 g/mol. The molecule has 0 aliphatic carbocycles. The third-order valence-corrected chi connectivity index (χ3v) is 3.05. The Bertz CT molecular complexity index is 209. The van der Waals surface area contributed by atoms with Gasteiger partial charge >= 0.3 is 0 Å². The Morgan fingerprint density at radius 2 is 2.21 bits per heavy atom. The summed E-state index contributed by atoms with van der Waals surface area (Å²) in [6.07, 6.45) is 1.87. The lowest BCUT2D eigenvalue weighted by Gasteiger charge is -2.32. The van der Waals surface area contributed by atoms with Gasteiger partial charge in [-0.3, -0.25) is 4.90 Å². The summed E-state index contributed by atoms with van der Waals surface area (Å²) in [5, 5.41) is 8.69. The third-order valence-electron chi connectivity index (χ3n) is 3.05. The van der Waals surface area contributed by atoms with E-state index in [9.17, 15) is 0 Å². The van der Waals surface area contributed by atoms with Crippen molar-refractivity contribution in [1.82, 2.24) is 9.80 Å². The molecule has 1 heterocycles. The van der Waals surface area contributed by atoms with E-state index < -0.39 is 0 Å². The van der Waals surface area contributed by atoms with Crippen molar-refractivity contribution in [2.45, 2.75) is 38.8 Å². The number of likely N-dealkylation sites (N-methyl/N-ethyl adjacent to an activating group) is 1. The molecule has 0 spiro atoms. The highest BCUT2D eigenvalue weighted by atomic mass is 15.2. The lowest BCUT2D eigenvalue weighted by atomic mass is 10.1. The molecule has 1 aliphatic rings. The third kappa shape index (κ3) is 2.97. The molecular formula is C11H21N3. The molecule has 0 N–H and O–H groups in total. The molecule has 0 saturated carbocycles. The zero-order chi connectivity index (χ0) is 10.6. The normalized spacial score (nSPS) is 28.0. The topological polar surface area (TPSA) is 30.3 Å². The summed E-state index contributed by atoms with van der Waals surface area (Å²) >= 11 is 0. The van der Waals surface area contributed by atoms with Crippen molar-refractivity contribution in [3.8, 4) is 6.07 Å². The molecule has 0 bridgehead atoms. The maximum absolute atomic E-state index is 8.69. The van der Waals surface area contributed by atoms with Gasteiger partial charge in [-0.2, -0.15) is 5.26 Å². The van der Waals surface area contributed by atoms with E-state index in [1.807, 2.05) is 0 Å². The second-order valence-corrected chi connectivity index (χ2v) is 4.41. The van der Waals surface area contributed by atoms with E-state index in [0.717, 1.165) is 13.1 Å². The molecule has 1 aliphatic heterocycles. The predicted molar refractivity (Wildman–Crippen MR) is 58.0 cm³/mol. The first-order chi connectivity index (χ1) is 6.65. The molecule has 0 aromatic heterocycles. The average Bonchev–Trinajstić information content (AvgIpc) is 2.27. The van der Waals surface area contributed by atoms with Gasteiger partial charge in [-0.1, -0.05) is 0 Å². The Hall–Kier alpha value is -0.590. The van der Waals surface area contributed by atoms with Crippen LogP contribution in [0.25, 0.3) is 0 Å². The van der Waals surface area contributed by atoms with Gasteiger partial charge in [0.25, 0.3) is 0 Å². The molecule has 0 aromatic carbocycles. The van der Waals surface area contributed by atoms with Crippen LogP contribution in [0.3, 0.4) is 0 Å². The van der Waals surface area contributed by atoms with Crippen LogP contribution in [-0.2, 0) is 0 Å². The van der Waals surface area contributed by atoms with E-state index in [1.165, 1.54) is 13.0 Å². The number of nitriles is 1. The highest BCUT2D eigenvalue weighted by Gasteiger charge is 2.23. The van der Waals surface area contributed by atoms with Gasteiger partial charge in [-0.15, -0.1) is 0 Å². The number of rotatable bonds is 2. The van der Waals surface area contributed by atoms with E-state index in [4.69, 9.17) is 5.26 Å². The maximum atomic E-state index is 8.69. The Balaban J connectivity index is 2.54. The zero-order valence-corrected chi connectivity index (χ0v) is 9.53. The Kier molecular flexibility index (Phi) is 4.37. The monoisotopic (exact) mass is 195 g/mol. The summed E-state index contributed by atoms with van der Waals surface area (Å²) in [5.41, 5.74) is 0. The first-order valence-electron chi connectivity index (χ1n) is 5.46. The lowest BCUT2D eigenvalue weighted by molar-refractivity contribution is 0.154. The van der Waals surface area contributed by atoms with Crippen molar-refractivity contribution in [3.05, 3.63) is 0 Å². The fourth-order valence-electron chi connectivity index (χ4n) is 2.29. The van der Waals surface area contributed by atoms with Gasteiger partial charge in [0.2, 0.25) is 0 Å². The predicted octanol–water partition coefficient (Wildman–Crippen LogP) is 1.31. The van der Waals surface area contributed by atoms with Crippen LogP contribution < -0.4 is 0 Å². The smallest absolute Gasteiger partial charge is 0.0638 e. The highest BCUT2D eigenvalue weighted by molar-refractivity contribution is 4.84. The van der Waals surface area contributed by atoms with Gasteiger partial charge in [0.05, 0.1) is 12.5 Å². The quantitative estimate of drug-likeness (QED) is 0.665. The number of hydrogen-bond donors (Lipinski definition) is 0. The summed E-state index contributed by atoms with van der Waals surface area (Å²) in [6.45, 7) is 7.85. The SMILES string of the molecule is CC(CC#N)N1CCCN(C)CC1C. The maximum Gasteiger partial charge on any atom is 0.0638 e. The van der Waals surface area contributed by atoms with E-state index >= 15 is 0 Å². The number of hydrogen-bond acceptors (Lipinski definition) is 3. The van der Waals surface area contributed by atoms with E-state index in [-0.39, 0.29) is 0 Å². The number of nitrogens with zero attached hydrogens (tertiary/aromatic N) is 3. The standard InChI is InChI=1S/C11H21N3/c1-10(5-6-12)14-8-4-7-13(3)9-11(14)2/h10-11H,4-5,7-9H2,1-3H3. The summed E-state index contributed by atoms with van der Waals surface area (Å²) in [7, 11) is 2.18. The van der Waals surface area contributed by atoms with Crippen LogP contribution in [0.2, 0.25) is 0 Å². The van der Waals surface area contributed by atoms with Crippen LogP contribution in [0.1, 0.15) is 26.7 Å². The van der Waals surface area contributed by atoms with E-state index in [1.54, 1.807) is 0 Å². The van der Waals surface area contributed by atoms with Crippen molar-refractivity contribution >= 4 is 0 Å². The molecule has 1 rings (SSSR count). The molecule has 3 heteroatoms. The minimum atomic E-state index is 0.404. The van der Waals surface area contributed by atoms with Crippen molar-refractivity contribution in [2.24, 2.45) is 0 Å². The van der Waals surface area contributed by atoms with Crippen LogP contribution in [0, 0.1) is 11.3 Å².